The number of aryl methyl sites for hydroxylation is 2. The van der Waals surface area contributed by atoms with Crippen LogP contribution in [0.3, 0.4) is 0 Å². The Balaban J connectivity index is 1.48. The number of likely N-dealkylation sites (tertiary alicyclic amines) is 1. The first kappa shape index (κ1) is 17.5. The molecule has 7 nitrogen and oxygen atoms in total. The van der Waals surface area contributed by atoms with Crippen molar-refractivity contribution in [2.75, 3.05) is 13.1 Å². The highest BCUT2D eigenvalue weighted by Gasteiger charge is 2.28. The number of furan rings is 1. The van der Waals surface area contributed by atoms with Crippen LogP contribution in [0.2, 0.25) is 0 Å². The van der Waals surface area contributed by atoms with Gasteiger partial charge in [0.2, 0.25) is 5.91 Å². The summed E-state index contributed by atoms with van der Waals surface area (Å²) in [5.41, 5.74) is 2.59. The van der Waals surface area contributed by atoms with Crippen LogP contribution in [0.5, 0.6) is 0 Å². The van der Waals surface area contributed by atoms with E-state index < -0.39 is 0 Å². The summed E-state index contributed by atoms with van der Waals surface area (Å²) in [4.78, 5) is 23.3. The molecule has 0 aliphatic carbocycles. The molecule has 0 radical (unpaired) electrons. The minimum Gasteiger partial charge on any atom is -0.469 e. The molecule has 0 aromatic carbocycles. The molecule has 1 atom stereocenters. The van der Waals surface area contributed by atoms with E-state index in [4.69, 9.17) is 8.94 Å². The number of hydrogen-bond acceptors (Lipinski definition) is 6. The first-order valence-corrected chi connectivity index (χ1v) is 9.24. The second-order valence-corrected chi connectivity index (χ2v) is 6.91. The highest BCUT2D eigenvalue weighted by atomic mass is 16.5. The highest BCUT2D eigenvalue weighted by molar-refractivity contribution is 5.76. The van der Waals surface area contributed by atoms with E-state index in [1.54, 1.807) is 18.8 Å². The summed E-state index contributed by atoms with van der Waals surface area (Å²) in [6.45, 7) is 3.33. The van der Waals surface area contributed by atoms with Crippen molar-refractivity contribution in [1.82, 2.24) is 20.0 Å². The summed E-state index contributed by atoms with van der Waals surface area (Å²) in [5.74, 6) is 1.83. The SMILES string of the molecule is Cc1cc(-c2cncnc2[C@@H]2CCCN(C(=O)CCc3ccco3)C2)on1. The predicted octanol–water partition coefficient (Wildman–Crippen LogP) is 3.37. The van der Waals surface area contributed by atoms with E-state index in [-0.39, 0.29) is 11.8 Å². The number of piperidine rings is 1. The second-order valence-electron chi connectivity index (χ2n) is 6.91. The quantitative estimate of drug-likeness (QED) is 0.688. The minimum absolute atomic E-state index is 0.155. The van der Waals surface area contributed by atoms with Gasteiger partial charge in [-0.1, -0.05) is 5.16 Å². The van der Waals surface area contributed by atoms with Crippen LogP contribution < -0.4 is 0 Å². The summed E-state index contributed by atoms with van der Waals surface area (Å²) in [5, 5.41) is 3.97. The molecule has 27 heavy (non-hydrogen) atoms. The van der Waals surface area contributed by atoms with Gasteiger partial charge in [-0.25, -0.2) is 9.97 Å². The van der Waals surface area contributed by atoms with Crippen molar-refractivity contribution < 1.29 is 13.7 Å². The molecular weight excluding hydrogens is 344 g/mol. The van der Waals surface area contributed by atoms with Crippen LogP contribution >= 0.6 is 0 Å². The van der Waals surface area contributed by atoms with Gasteiger partial charge in [0.1, 0.15) is 12.1 Å². The number of nitrogens with zero attached hydrogens (tertiary/aromatic N) is 4. The largest absolute Gasteiger partial charge is 0.469 e. The molecule has 0 unspecified atom stereocenters. The average Bonchev–Trinajstić information content (AvgIpc) is 3.38. The Hall–Kier alpha value is -2.96. The second kappa shape index (κ2) is 7.73. The third kappa shape index (κ3) is 3.92. The topological polar surface area (TPSA) is 85.3 Å². The van der Waals surface area contributed by atoms with Crippen molar-refractivity contribution in [3.05, 3.63) is 54.1 Å². The van der Waals surface area contributed by atoms with Gasteiger partial charge < -0.3 is 13.8 Å². The normalized spacial score (nSPS) is 17.2. The lowest BCUT2D eigenvalue weighted by Gasteiger charge is -2.33. The third-order valence-electron chi connectivity index (χ3n) is 4.96. The Kier molecular flexibility index (Phi) is 5.00. The van der Waals surface area contributed by atoms with Crippen LogP contribution in [0.25, 0.3) is 11.3 Å². The molecule has 7 heteroatoms. The molecule has 1 aliphatic rings. The highest BCUT2D eigenvalue weighted by Crippen LogP contribution is 2.33. The smallest absolute Gasteiger partial charge is 0.223 e. The Morgan fingerprint density at radius 1 is 1.41 bits per heavy atom. The molecule has 1 saturated heterocycles. The Morgan fingerprint density at radius 2 is 2.33 bits per heavy atom. The van der Waals surface area contributed by atoms with E-state index in [1.807, 2.05) is 30.0 Å². The fourth-order valence-electron chi connectivity index (χ4n) is 3.61. The van der Waals surface area contributed by atoms with Crippen LogP contribution in [0.4, 0.5) is 0 Å². The van der Waals surface area contributed by atoms with E-state index in [1.165, 1.54) is 0 Å². The molecule has 3 aromatic rings. The van der Waals surface area contributed by atoms with Gasteiger partial charge in [0.15, 0.2) is 5.76 Å². The van der Waals surface area contributed by atoms with Gasteiger partial charge in [0, 0.05) is 44.1 Å². The maximum absolute atomic E-state index is 12.7. The molecule has 140 valence electrons. The molecule has 1 fully saturated rings. The van der Waals surface area contributed by atoms with E-state index in [0.717, 1.165) is 42.1 Å². The van der Waals surface area contributed by atoms with Crippen LogP contribution in [0.15, 0.2) is 45.9 Å². The molecule has 4 heterocycles. The number of carbonyl (C=O) groups is 1. The summed E-state index contributed by atoms with van der Waals surface area (Å²) in [6, 6.07) is 5.63. The van der Waals surface area contributed by atoms with Crippen molar-refractivity contribution in [3.63, 3.8) is 0 Å². The molecule has 1 aliphatic heterocycles. The van der Waals surface area contributed by atoms with Crippen molar-refractivity contribution in [2.45, 2.75) is 38.5 Å². The molecule has 1 amide bonds. The predicted molar refractivity (Wildman–Crippen MR) is 97.9 cm³/mol. The van der Waals surface area contributed by atoms with Gasteiger partial charge in [-0.3, -0.25) is 4.79 Å². The Labute approximate surface area is 157 Å². The van der Waals surface area contributed by atoms with Crippen molar-refractivity contribution in [1.29, 1.82) is 0 Å². The summed E-state index contributed by atoms with van der Waals surface area (Å²) >= 11 is 0. The minimum atomic E-state index is 0.155. The van der Waals surface area contributed by atoms with Crippen LogP contribution in [-0.2, 0) is 11.2 Å². The molecule has 0 bridgehead atoms. The van der Waals surface area contributed by atoms with Gasteiger partial charge in [0.05, 0.1) is 23.2 Å². The summed E-state index contributed by atoms with van der Waals surface area (Å²) < 4.78 is 10.7. The first-order chi connectivity index (χ1) is 13.2. The van der Waals surface area contributed by atoms with E-state index in [9.17, 15) is 4.79 Å². The summed E-state index contributed by atoms with van der Waals surface area (Å²) in [7, 11) is 0. The van der Waals surface area contributed by atoms with Gasteiger partial charge in [-0.05, 0) is 31.9 Å². The summed E-state index contributed by atoms with van der Waals surface area (Å²) in [6.07, 6.45) is 7.98. The fourth-order valence-corrected chi connectivity index (χ4v) is 3.61. The van der Waals surface area contributed by atoms with E-state index in [2.05, 4.69) is 15.1 Å². The van der Waals surface area contributed by atoms with E-state index in [0.29, 0.717) is 25.1 Å². The van der Waals surface area contributed by atoms with Gasteiger partial charge in [-0.2, -0.15) is 0 Å². The van der Waals surface area contributed by atoms with E-state index >= 15 is 0 Å². The zero-order chi connectivity index (χ0) is 18.6. The van der Waals surface area contributed by atoms with Crippen LogP contribution in [-0.4, -0.2) is 39.0 Å². The number of amides is 1. The first-order valence-electron chi connectivity index (χ1n) is 9.24. The molecule has 0 N–H and O–H groups in total. The number of hydrogen-bond donors (Lipinski definition) is 0. The van der Waals surface area contributed by atoms with Crippen molar-refractivity contribution in [2.24, 2.45) is 0 Å². The standard InChI is InChI=1S/C20H22N4O3/c1-14-10-18(27-23-14)17-11-21-13-22-20(17)15-4-2-8-24(12-15)19(25)7-6-16-5-3-9-26-16/h3,5,9-11,13,15H,2,4,6-8,12H2,1H3/t15-/m1/s1. The zero-order valence-electron chi connectivity index (χ0n) is 15.3. The molecule has 0 saturated carbocycles. The maximum Gasteiger partial charge on any atom is 0.223 e. The fraction of sp³-hybridized carbons (Fsp3) is 0.400. The maximum atomic E-state index is 12.7. The lowest BCUT2D eigenvalue weighted by atomic mass is 9.91. The van der Waals surface area contributed by atoms with Crippen LogP contribution in [0, 0.1) is 6.92 Å². The Bertz CT molecular complexity index is 904. The van der Waals surface area contributed by atoms with Crippen molar-refractivity contribution >= 4 is 5.91 Å². The Morgan fingerprint density at radius 3 is 3.11 bits per heavy atom. The molecule has 0 spiro atoms. The monoisotopic (exact) mass is 366 g/mol. The number of aromatic nitrogens is 3. The van der Waals surface area contributed by atoms with Crippen molar-refractivity contribution in [3.8, 4) is 11.3 Å². The molecule has 4 rings (SSSR count). The lowest BCUT2D eigenvalue weighted by Crippen LogP contribution is -2.39. The third-order valence-corrected chi connectivity index (χ3v) is 4.96. The molecular formula is C20H22N4O3. The van der Waals surface area contributed by atoms with Gasteiger partial charge in [-0.15, -0.1) is 0 Å². The zero-order valence-corrected chi connectivity index (χ0v) is 15.3. The van der Waals surface area contributed by atoms with Gasteiger partial charge >= 0.3 is 0 Å². The molecule has 3 aromatic heterocycles. The lowest BCUT2D eigenvalue weighted by molar-refractivity contribution is -0.132. The number of carbonyl (C=O) groups excluding carboxylic acids is 1. The number of rotatable bonds is 5. The van der Waals surface area contributed by atoms with Crippen LogP contribution in [0.1, 0.15) is 42.3 Å². The van der Waals surface area contributed by atoms with Gasteiger partial charge in [0.25, 0.3) is 0 Å². The average molecular weight is 366 g/mol.